The van der Waals surface area contributed by atoms with Crippen molar-refractivity contribution in [1.29, 1.82) is 0 Å². The summed E-state index contributed by atoms with van der Waals surface area (Å²) in [6.07, 6.45) is 4.65. The molecule has 0 heterocycles. The monoisotopic (exact) mass is 235 g/mol. The fourth-order valence-corrected chi connectivity index (χ4v) is 3.55. The van der Waals surface area contributed by atoms with Crippen molar-refractivity contribution >= 4 is 16.5 Å². The van der Waals surface area contributed by atoms with Gasteiger partial charge < -0.3 is 0 Å². The van der Waals surface area contributed by atoms with Crippen molar-refractivity contribution in [2.75, 3.05) is 19.6 Å². The van der Waals surface area contributed by atoms with Gasteiger partial charge in [0.25, 0.3) is 0 Å². The zero-order chi connectivity index (χ0) is 9.45. The van der Waals surface area contributed by atoms with Crippen molar-refractivity contribution in [3.8, 4) is 0 Å². The van der Waals surface area contributed by atoms with Crippen molar-refractivity contribution in [1.82, 2.24) is 0 Å². The first-order valence-corrected chi connectivity index (χ1v) is 6.88. The minimum atomic E-state index is 0.510. The van der Waals surface area contributed by atoms with Crippen molar-refractivity contribution in [2.24, 2.45) is 17.2 Å². The van der Waals surface area contributed by atoms with E-state index < -0.39 is 0 Å². The average molecular weight is 234 g/mol. The van der Waals surface area contributed by atoms with Crippen molar-refractivity contribution < 1.29 is 0 Å². The van der Waals surface area contributed by atoms with Gasteiger partial charge in [0.05, 0.1) is 0 Å². The van der Waals surface area contributed by atoms with E-state index in [1.165, 1.54) is 6.42 Å². The standard InChI is InChI=1S/C8H23GeN3/c9-8(3-6-11,4-7-12)2-1-5-10/h1-7,10-12H2,9H3. The zero-order valence-corrected chi connectivity index (χ0v) is 12.4. The molecule has 0 atom stereocenters. The Bertz CT molecular complexity index is 102. The second-order valence-corrected chi connectivity index (χ2v) is 8.23. The Morgan fingerprint density at radius 3 is 1.67 bits per heavy atom. The van der Waals surface area contributed by atoms with E-state index >= 15 is 0 Å². The summed E-state index contributed by atoms with van der Waals surface area (Å²) in [4.78, 5) is 0. The summed E-state index contributed by atoms with van der Waals surface area (Å²) < 4.78 is 0.510. The summed E-state index contributed by atoms with van der Waals surface area (Å²) in [5.74, 6) is 0. The molecule has 0 aromatic heterocycles. The third kappa shape index (κ3) is 5.14. The second kappa shape index (κ2) is 6.89. The summed E-state index contributed by atoms with van der Waals surface area (Å²) in [7, 11) is 0. The molecule has 0 aromatic carbocycles. The molecule has 4 heteroatoms. The van der Waals surface area contributed by atoms with Crippen LogP contribution in [0.3, 0.4) is 0 Å². The van der Waals surface area contributed by atoms with Crippen LogP contribution >= 0.6 is 0 Å². The number of hydrogen-bond acceptors (Lipinski definition) is 3. The maximum absolute atomic E-state index is 5.57. The first kappa shape index (κ1) is 12.4. The van der Waals surface area contributed by atoms with Gasteiger partial charge in [-0.05, 0) is 0 Å². The van der Waals surface area contributed by atoms with Crippen molar-refractivity contribution in [3.05, 3.63) is 0 Å². The number of nitrogens with two attached hydrogens (primary N) is 3. The first-order chi connectivity index (χ1) is 5.68. The van der Waals surface area contributed by atoms with Crippen LogP contribution in [0.1, 0.15) is 25.7 Å². The van der Waals surface area contributed by atoms with Crippen LogP contribution in [0, 0.1) is 0 Å². The molecule has 74 valence electrons. The van der Waals surface area contributed by atoms with E-state index in [0.29, 0.717) is 4.25 Å². The Morgan fingerprint density at radius 1 is 0.833 bits per heavy atom. The Balaban J connectivity index is 3.80. The van der Waals surface area contributed by atoms with Gasteiger partial charge in [-0.3, -0.25) is 0 Å². The molecule has 0 fully saturated rings. The third-order valence-corrected chi connectivity index (χ3v) is 5.63. The molecule has 0 spiro atoms. The van der Waals surface area contributed by atoms with Crippen LogP contribution in [0.25, 0.3) is 0 Å². The molecule has 0 aromatic rings. The molecule has 0 bridgehead atoms. The molecule has 0 radical (unpaired) electrons. The fraction of sp³-hybridized carbons (Fsp3) is 1.00. The quantitative estimate of drug-likeness (QED) is 0.491. The molecule has 0 saturated heterocycles. The van der Waals surface area contributed by atoms with Gasteiger partial charge in [0.2, 0.25) is 0 Å². The third-order valence-electron chi connectivity index (χ3n) is 2.48. The van der Waals surface area contributed by atoms with Crippen molar-refractivity contribution in [3.63, 3.8) is 0 Å². The Kier molecular flexibility index (Phi) is 7.13. The maximum atomic E-state index is 5.57. The molecule has 0 aliphatic carbocycles. The molecule has 0 rings (SSSR count). The first-order valence-electron chi connectivity index (χ1n) is 4.79. The molecular weight excluding hydrogens is 211 g/mol. The fourth-order valence-electron chi connectivity index (χ4n) is 1.60. The zero-order valence-electron chi connectivity index (χ0n) is 8.18. The molecule has 0 saturated carbocycles. The van der Waals surface area contributed by atoms with E-state index in [1.54, 1.807) is 0 Å². The summed E-state index contributed by atoms with van der Waals surface area (Å²) in [5.41, 5.74) is 16.6. The summed E-state index contributed by atoms with van der Waals surface area (Å²) in [5, 5.41) is 0. The minimum absolute atomic E-state index is 0.510. The normalized spacial score (nSPS) is 12.2. The van der Waals surface area contributed by atoms with E-state index in [4.69, 9.17) is 17.2 Å². The number of rotatable bonds is 7. The Morgan fingerprint density at radius 2 is 1.33 bits per heavy atom. The van der Waals surface area contributed by atoms with E-state index in [0.717, 1.165) is 55.4 Å². The van der Waals surface area contributed by atoms with Gasteiger partial charge in [-0.15, -0.1) is 0 Å². The van der Waals surface area contributed by atoms with Gasteiger partial charge >= 0.3 is 83.3 Å². The van der Waals surface area contributed by atoms with Gasteiger partial charge in [-0.1, -0.05) is 0 Å². The molecule has 3 nitrogen and oxygen atoms in total. The molecule has 0 aliphatic rings. The Hall–Kier alpha value is 0.423. The van der Waals surface area contributed by atoms with E-state index in [-0.39, 0.29) is 0 Å². The van der Waals surface area contributed by atoms with Crippen LogP contribution in [0.15, 0.2) is 0 Å². The van der Waals surface area contributed by atoms with Gasteiger partial charge in [-0.25, -0.2) is 0 Å². The molecule has 12 heavy (non-hydrogen) atoms. The average Bonchev–Trinajstić information content (AvgIpc) is 2.02. The van der Waals surface area contributed by atoms with Gasteiger partial charge in [-0.2, -0.15) is 0 Å². The van der Waals surface area contributed by atoms with Crippen LogP contribution in [0.4, 0.5) is 0 Å². The summed E-state index contributed by atoms with van der Waals surface area (Å²) >= 11 is 0.813. The van der Waals surface area contributed by atoms with Crippen molar-refractivity contribution in [2.45, 2.75) is 29.9 Å². The predicted molar refractivity (Wildman–Crippen MR) is 58.3 cm³/mol. The molecule has 0 unspecified atom stereocenters. The van der Waals surface area contributed by atoms with Gasteiger partial charge in [0.1, 0.15) is 0 Å². The van der Waals surface area contributed by atoms with Gasteiger partial charge in [0, 0.05) is 0 Å². The van der Waals surface area contributed by atoms with Crippen LogP contribution in [0.5, 0.6) is 0 Å². The Labute approximate surface area is 83.7 Å². The van der Waals surface area contributed by atoms with E-state index in [2.05, 4.69) is 0 Å². The predicted octanol–water partition coefficient (Wildman–Crippen LogP) is -1.05. The van der Waals surface area contributed by atoms with Crippen LogP contribution in [0.2, 0.25) is 4.25 Å². The van der Waals surface area contributed by atoms with Crippen LogP contribution < -0.4 is 17.2 Å². The molecule has 0 aliphatic heterocycles. The van der Waals surface area contributed by atoms with E-state index in [9.17, 15) is 0 Å². The molecular formula is C8H23GeN3. The van der Waals surface area contributed by atoms with Gasteiger partial charge in [0.15, 0.2) is 0 Å². The van der Waals surface area contributed by atoms with Crippen LogP contribution in [-0.2, 0) is 0 Å². The summed E-state index contributed by atoms with van der Waals surface area (Å²) in [6.45, 7) is 2.39. The molecule has 6 N–H and O–H groups in total. The SMILES string of the molecule is NCCC[C]([GeH3])(CCN)CCN. The number of hydrogen-bond donors (Lipinski definition) is 3. The van der Waals surface area contributed by atoms with Crippen LogP contribution in [-0.4, -0.2) is 36.1 Å². The van der Waals surface area contributed by atoms with E-state index in [1.807, 2.05) is 0 Å². The summed E-state index contributed by atoms with van der Waals surface area (Å²) in [6, 6.07) is 0. The second-order valence-electron chi connectivity index (χ2n) is 3.78. The topological polar surface area (TPSA) is 78.1 Å². The molecule has 0 amide bonds.